The highest BCUT2D eigenvalue weighted by Gasteiger charge is 2.43. The number of para-hydroxylation sites is 3. The summed E-state index contributed by atoms with van der Waals surface area (Å²) in [4.78, 5) is 49.1. The zero-order chi connectivity index (χ0) is 21.2. The van der Waals surface area contributed by atoms with Crippen LogP contribution in [0.2, 0.25) is 0 Å². The highest BCUT2D eigenvalue weighted by Crippen LogP contribution is 2.36. The van der Waals surface area contributed by atoms with E-state index in [1.165, 1.54) is 23.1 Å². The SMILES string of the molecule is CC1(C)C(=O)Nc2ccccc2N1C(=O)COC(=O)Cc1ccccc1[N+](=O)[O-]. The summed E-state index contributed by atoms with van der Waals surface area (Å²) in [6.07, 6.45) is -0.342. The first kappa shape index (κ1) is 20.0. The minimum Gasteiger partial charge on any atom is -0.455 e. The van der Waals surface area contributed by atoms with E-state index in [2.05, 4.69) is 5.32 Å². The zero-order valence-electron chi connectivity index (χ0n) is 15.9. The smallest absolute Gasteiger partial charge is 0.311 e. The summed E-state index contributed by atoms with van der Waals surface area (Å²) in [6.45, 7) is 2.58. The van der Waals surface area contributed by atoms with Crippen LogP contribution >= 0.6 is 0 Å². The number of nitrogens with zero attached hydrogens (tertiary/aromatic N) is 2. The van der Waals surface area contributed by atoms with Crippen molar-refractivity contribution in [3.63, 3.8) is 0 Å². The van der Waals surface area contributed by atoms with E-state index in [4.69, 9.17) is 4.74 Å². The van der Waals surface area contributed by atoms with Gasteiger partial charge in [0.15, 0.2) is 6.61 Å². The lowest BCUT2D eigenvalue weighted by Crippen LogP contribution is -2.59. The summed E-state index contributed by atoms with van der Waals surface area (Å²) in [5, 5.41) is 13.8. The molecule has 0 aromatic heterocycles. The lowest BCUT2D eigenvalue weighted by Gasteiger charge is -2.41. The van der Waals surface area contributed by atoms with Crippen LogP contribution in [0.3, 0.4) is 0 Å². The number of amides is 2. The molecule has 0 spiro atoms. The van der Waals surface area contributed by atoms with E-state index in [-0.39, 0.29) is 23.6 Å². The van der Waals surface area contributed by atoms with Gasteiger partial charge in [-0.15, -0.1) is 0 Å². The van der Waals surface area contributed by atoms with E-state index >= 15 is 0 Å². The number of nitrogens with one attached hydrogen (secondary N) is 1. The number of carbonyl (C=O) groups excluding carboxylic acids is 3. The summed E-state index contributed by atoms with van der Waals surface area (Å²) in [5.74, 6) is -1.72. The predicted molar refractivity (Wildman–Crippen MR) is 104 cm³/mol. The number of carbonyl (C=O) groups is 3. The maximum Gasteiger partial charge on any atom is 0.311 e. The second kappa shape index (κ2) is 7.70. The van der Waals surface area contributed by atoms with Gasteiger partial charge >= 0.3 is 5.97 Å². The number of nitro groups is 1. The highest BCUT2D eigenvalue weighted by atomic mass is 16.6. The Hall–Kier alpha value is -3.75. The van der Waals surface area contributed by atoms with Crippen molar-refractivity contribution in [1.82, 2.24) is 0 Å². The largest absolute Gasteiger partial charge is 0.455 e. The van der Waals surface area contributed by atoms with E-state index in [1.807, 2.05) is 0 Å². The molecule has 0 bridgehead atoms. The maximum atomic E-state index is 12.8. The van der Waals surface area contributed by atoms with Crippen LogP contribution in [-0.2, 0) is 25.5 Å². The standard InChI is InChI=1S/C20H19N3O6/c1-20(2)19(26)21-14-8-4-6-10-16(14)22(20)17(24)12-29-18(25)11-13-7-3-5-9-15(13)23(27)28/h3-10H,11-12H2,1-2H3,(H,21,26). The van der Waals surface area contributed by atoms with Crippen molar-refractivity contribution < 1.29 is 24.0 Å². The molecule has 9 heteroatoms. The van der Waals surface area contributed by atoms with Crippen LogP contribution in [0.15, 0.2) is 48.5 Å². The van der Waals surface area contributed by atoms with E-state index in [0.29, 0.717) is 11.4 Å². The molecule has 0 saturated carbocycles. The second-order valence-electron chi connectivity index (χ2n) is 6.98. The first-order valence-electron chi connectivity index (χ1n) is 8.83. The molecule has 2 amide bonds. The third-order valence-electron chi connectivity index (χ3n) is 4.64. The summed E-state index contributed by atoms with van der Waals surface area (Å²) in [7, 11) is 0. The normalized spacial score (nSPS) is 14.6. The molecule has 2 aromatic rings. The van der Waals surface area contributed by atoms with Gasteiger partial charge in [0.2, 0.25) is 5.91 Å². The third-order valence-corrected chi connectivity index (χ3v) is 4.64. The van der Waals surface area contributed by atoms with Gasteiger partial charge in [0.1, 0.15) is 5.54 Å². The van der Waals surface area contributed by atoms with Gasteiger partial charge < -0.3 is 10.1 Å². The minimum atomic E-state index is -1.18. The molecular formula is C20H19N3O6. The van der Waals surface area contributed by atoms with Crippen LogP contribution in [0.1, 0.15) is 19.4 Å². The monoisotopic (exact) mass is 397 g/mol. The van der Waals surface area contributed by atoms with Crippen molar-refractivity contribution in [3.8, 4) is 0 Å². The van der Waals surface area contributed by atoms with Crippen molar-refractivity contribution in [3.05, 3.63) is 64.2 Å². The fraction of sp³-hybridized carbons (Fsp3) is 0.250. The minimum absolute atomic E-state index is 0.193. The van der Waals surface area contributed by atoms with Gasteiger partial charge in [0.05, 0.1) is 22.7 Å². The zero-order valence-corrected chi connectivity index (χ0v) is 15.9. The predicted octanol–water partition coefficient (Wildman–Crippen LogP) is 2.44. The molecule has 0 aliphatic carbocycles. The van der Waals surface area contributed by atoms with E-state index < -0.39 is 28.9 Å². The number of hydrogen-bond acceptors (Lipinski definition) is 6. The molecule has 1 aliphatic heterocycles. The molecule has 0 unspecified atom stereocenters. The molecule has 0 radical (unpaired) electrons. The Morgan fingerprint density at radius 2 is 1.79 bits per heavy atom. The Bertz CT molecular complexity index is 1000. The Balaban J connectivity index is 1.73. The van der Waals surface area contributed by atoms with E-state index in [9.17, 15) is 24.5 Å². The van der Waals surface area contributed by atoms with Crippen molar-refractivity contribution in [2.45, 2.75) is 25.8 Å². The van der Waals surface area contributed by atoms with Crippen LogP contribution in [-0.4, -0.2) is 34.9 Å². The van der Waals surface area contributed by atoms with Gasteiger partial charge in [-0.3, -0.25) is 29.4 Å². The number of esters is 1. The van der Waals surface area contributed by atoms with Crippen LogP contribution in [0, 0.1) is 10.1 Å². The molecule has 2 aromatic carbocycles. The number of nitro benzene ring substituents is 1. The lowest BCUT2D eigenvalue weighted by atomic mass is 9.96. The first-order chi connectivity index (χ1) is 13.7. The number of benzene rings is 2. The van der Waals surface area contributed by atoms with Crippen molar-refractivity contribution in [1.29, 1.82) is 0 Å². The van der Waals surface area contributed by atoms with Crippen LogP contribution in [0.4, 0.5) is 17.1 Å². The van der Waals surface area contributed by atoms with E-state index in [0.717, 1.165) is 0 Å². The summed E-state index contributed by atoms with van der Waals surface area (Å²) in [5.41, 5.74) is -0.208. The van der Waals surface area contributed by atoms with Gasteiger partial charge in [-0.05, 0) is 26.0 Å². The Kier molecular flexibility index (Phi) is 5.31. The molecule has 1 heterocycles. The molecule has 0 fully saturated rings. The number of anilines is 2. The molecular weight excluding hydrogens is 378 g/mol. The van der Waals surface area contributed by atoms with Gasteiger partial charge in [0.25, 0.3) is 11.6 Å². The van der Waals surface area contributed by atoms with Crippen molar-refractivity contribution in [2.75, 3.05) is 16.8 Å². The molecule has 9 nitrogen and oxygen atoms in total. The van der Waals surface area contributed by atoms with Crippen molar-refractivity contribution >= 4 is 34.8 Å². The summed E-state index contributed by atoms with van der Waals surface area (Å²) in [6, 6.07) is 12.6. The second-order valence-corrected chi connectivity index (χ2v) is 6.98. The van der Waals surface area contributed by atoms with Crippen molar-refractivity contribution in [2.24, 2.45) is 0 Å². The first-order valence-corrected chi connectivity index (χ1v) is 8.83. The van der Waals surface area contributed by atoms with Gasteiger partial charge in [0, 0.05) is 11.6 Å². The Labute approximate surface area is 166 Å². The van der Waals surface area contributed by atoms with Crippen LogP contribution < -0.4 is 10.2 Å². The highest BCUT2D eigenvalue weighted by molar-refractivity contribution is 6.14. The fourth-order valence-corrected chi connectivity index (χ4v) is 3.15. The Morgan fingerprint density at radius 3 is 2.52 bits per heavy atom. The fourth-order valence-electron chi connectivity index (χ4n) is 3.15. The maximum absolute atomic E-state index is 12.8. The van der Waals surface area contributed by atoms with Crippen LogP contribution in [0.25, 0.3) is 0 Å². The van der Waals surface area contributed by atoms with Gasteiger partial charge in [-0.25, -0.2) is 0 Å². The van der Waals surface area contributed by atoms with Crippen LogP contribution in [0.5, 0.6) is 0 Å². The summed E-state index contributed by atoms with van der Waals surface area (Å²) >= 11 is 0. The third kappa shape index (κ3) is 3.93. The number of fused-ring (bicyclic) bond motifs is 1. The van der Waals surface area contributed by atoms with E-state index in [1.54, 1.807) is 44.2 Å². The molecule has 3 rings (SSSR count). The molecule has 150 valence electrons. The molecule has 29 heavy (non-hydrogen) atoms. The number of rotatable bonds is 5. The number of hydrogen-bond donors (Lipinski definition) is 1. The quantitative estimate of drug-likeness (QED) is 0.470. The average molecular weight is 397 g/mol. The molecule has 0 saturated heterocycles. The molecule has 1 N–H and O–H groups in total. The Morgan fingerprint density at radius 1 is 1.14 bits per heavy atom. The summed E-state index contributed by atoms with van der Waals surface area (Å²) < 4.78 is 5.05. The van der Waals surface area contributed by atoms with Gasteiger partial charge in [-0.1, -0.05) is 30.3 Å². The molecule has 0 atom stereocenters. The number of ether oxygens (including phenoxy) is 1. The topological polar surface area (TPSA) is 119 Å². The lowest BCUT2D eigenvalue weighted by molar-refractivity contribution is -0.385. The average Bonchev–Trinajstić information content (AvgIpc) is 2.67. The molecule has 1 aliphatic rings. The van der Waals surface area contributed by atoms with Gasteiger partial charge in [-0.2, -0.15) is 0 Å².